The number of carbonyl (C=O) groups is 5. The van der Waals surface area contributed by atoms with E-state index < -0.39 is 40.4 Å². The monoisotopic (exact) mass is 753 g/mol. The molecule has 4 aromatic rings. The van der Waals surface area contributed by atoms with Crippen molar-refractivity contribution >= 4 is 64.4 Å². The average molecular weight is 755 g/mol. The van der Waals surface area contributed by atoms with Gasteiger partial charge in [0.25, 0.3) is 17.7 Å². The molecule has 14 nitrogen and oxygen atoms in total. The SMILES string of the molecule is C[C@H](NC(=O)c1ccc(C2(NC(=O)C3(NC(=O)c4cnc5n4[C@](C)(Cc4ccc(C#N)cc4)C(=O)N5c4cc(Cl)cc(Cl)c4)CC3)CC2)nc1)C(N)=O. The number of primary amides is 1. The lowest BCUT2D eigenvalue weighted by molar-refractivity contribution is -0.125. The van der Waals surface area contributed by atoms with Crippen molar-refractivity contribution in [1.82, 2.24) is 30.5 Å². The molecule has 0 spiro atoms. The normalized spacial score (nSPS) is 19.4. The lowest BCUT2D eigenvalue weighted by Gasteiger charge is -2.27. The Balaban J connectivity index is 1.13. The number of imidazole rings is 1. The number of halogens is 2. The number of carbonyl (C=O) groups excluding carboxylic acids is 5. The van der Waals surface area contributed by atoms with E-state index in [0.717, 1.165) is 5.56 Å². The highest BCUT2D eigenvalue weighted by atomic mass is 35.5. The number of nitrogens with zero attached hydrogens (tertiary/aromatic N) is 5. The fourth-order valence-corrected chi connectivity index (χ4v) is 7.12. The summed E-state index contributed by atoms with van der Waals surface area (Å²) in [6, 6.07) is 16.0. The lowest BCUT2D eigenvalue weighted by atomic mass is 9.91. The number of amides is 5. The van der Waals surface area contributed by atoms with Crippen molar-refractivity contribution < 1.29 is 24.0 Å². The van der Waals surface area contributed by atoms with Crippen LogP contribution in [0.4, 0.5) is 11.6 Å². The van der Waals surface area contributed by atoms with Crippen LogP contribution in [0.15, 0.2) is 67.0 Å². The van der Waals surface area contributed by atoms with Crippen LogP contribution in [0.25, 0.3) is 0 Å². The maximum absolute atomic E-state index is 14.4. The summed E-state index contributed by atoms with van der Waals surface area (Å²) in [4.78, 5) is 76.5. The van der Waals surface area contributed by atoms with Crippen LogP contribution in [-0.2, 0) is 31.9 Å². The molecule has 0 unspecified atom stereocenters. The molecule has 2 saturated carbocycles. The topological polar surface area (TPSA) is 205 Å². The van der Waals surface area contributed by atoms with Crippen LogP contribution in [0, 0.1) is 11.3 Å². The third-order valence-corrected chi connectivity index (χ3v) is 10.4. The van der Waals surface area contributed by atoms with E-state index in [0.29, 0.717) is 52.7 Å². The molecule has 0 saturated heterocycles. The number of anilines is 2. The second-order valence-corrected chi connectivity index (χ2v) is 14.8. The Morgan fingerprint density at radius 1 is 0.943 bits per heavy atom. The summed E-state index contributed by atoms with van der Waals surface area (Å²) in [7, 11) is 0. The summed E-state index contributed by atoms with van der Waals surface area (Å²) in [6.45, 7) is 3.18. The number of hydrogen-bond acceptors (Lipinski definition) is 8. The Morgan fingerprint density at radius 3 is 2.19 bits per heavy atom. The molecule has 0 bridgehead atoms. The first-order chi connectivity index (χ1) is 25.2. The van der Waals surface area contributed by atoms with Crippen LogP contribution < -0.4 is 26.6 Å². The summed E-state index contributed by atoms with van der Waals surface area (Å²) in [5.41, 5.74) is 4.34. The zero-order chi connectivity index (χ0) is 37.9. The second kappa shape index (κ2) is 13.0. The minimum Gasteiger partial charge on any atom is -0.368 e. The van der Waals surface area contributed by atoms with E-state index in [-0.39, 0.29) is 35.4 Å². The van der Waals surface area contributed by atoms with Gasteiger partial charge in [0.1, 0.15) is 22.8 Å². The van der Waals surface area contributed by atoms with Crippen molar-refractivity contribution in [3.8, 4) is 6.07 Å². The molecule has 2 atom stereocenters. The molecule has 5 N–H and O–H groups in total. The predicted octanol–water partition coefficient (Wildman–Crippen LogP) is 3.76. The number of aromatic nitrogens is 3. The van der Waals surface area contributed by atoms with E-state index in [1.165, 1.54) is 24.2 Å². The number of nitrogens with two attached hydrogens (primary N) is 1. The first-order valence-electron chi connectivity index (χ1n) is 16.8. The van der Waals surface area contributed by atoms with Gasteiger partial charge in [-0.15, -0.1) is 0 Å². The van der Waals surface area contributed by atoms with Gasteiger partial charge in [0.2, 0.25) is 17.8 Å². The molecule has 3 aliphatic rings. The molecule has 7 rings (SSSR count). The predicted molar refractivity (Wildman–Crippen MR) is 193 cm³/mol. The Kier molecular flexibility index (Phi) is 8.75. The Morgan fingerprint density at radius 2 is 1.62 bits per heavy atom. The quantitative estimate of drug-likeness (QED) is 0.177. The Hall–Kier alpha value is -5.78. The number of fused-ring (bicyclic) bond motifs is 1. The van der Waals surface area contributed by atoms with Crippen LogP contribution in [-0.4, -0.2) is 55.7 Å². The van der Waals surface area contributed by atoms with E-state index >= 15 is 0 Å². The number of benzene rings is 2. The van der Waals surface area contributed by atoms with Gasteiger partial charge in [0, 0.05) is 22.7 Å². The summed E-state index contributed by atoms with van der Waals surface area (Å²) < 4.78 is 1.57. The van der Waals surface area contributed by atoms with Gasteiger partial charge in [0.05, 0.1) is 40.3 Å². The third-order valence-electron chi connectivity index (χ3n) is 10.0. The van der Waals surface area contributed by atoms with Crippen molar-refractivity contribution in [3.63, 3.8) is 0 Å². The van der Waals surface area contributed by atoms with E-state index in [9.17, 15) is 29.2 Å². The van der Waals surface area contributed by atoms with Gasteiger partial charge in [-0.2, -0.15) is 5.26 Å². The average Bonchev–Trinajstić information content (AvgIpc) is 4.03. The minimum absolute atomic E-state index is 0.0708. The Labute approximate surface area is 313 Å². The van der Waals surface area contributed by atoms with Gasteiger partial charge >= 0.3 is 0 Å². The molecule has 2 aromatic heterocycles. The van der Waals surface area contributed by atoms with Crippen LogP contribution in [0.2, 0.25) is 10.0 Å². The molecular formula is C37H33Cl2N9O5. The summed E-state index contributed by atoms with van der Waals surface area (Å²) in [6.07, 6.45) is 4.88. The number of pyridine rings is 1. The molecule has 53 heavy (non-hydrogen) atoms. The molecule has 2 aliphatic carbocycles. The highest BCUT2D eigenvalue weighted by Crippen LogP contribution is 2.47. The van der Waals surface area contributed by atoms with Gasteiger partial charge < -0.3 is 21.7 Å². The standard InChI is InChI=1S/C37H33Cl2N9O5/c1-20(29(41)49)44-30(50)23-7-8-28(42-18-23)36(9-10-36)46-32(52)37(11-12-37)45-31(51)27-19-43-34-47(26-14-24(38)13-25(39)15-26)33(53)35(2,48(27)34)16-21-3-5-22(17-40)6-4-21/h3-8,13-15,18-20H,9-12,16H2,1-2H3,(H2,41,49)(H,44,50)(H,45,51)(H,46,52)/t20-,35+/m0/s1. The second-order valence-electron chi connectivity index (χ2n) is 13.9. The minimum atomic E-state index is -1.36. The van der Waals surface area contributed by atoms with Crippen molar-refractivity contribution in [1.29, 1.82) is 5.26 Å². The fourth-order valence-electron chi connectivity index (χ4n) is 6.61. The van der Waals surface area contributed by atoms with Gasteiger partial charge in [-0.1, -0.05) is 35.3 Å². The van der Waals surface area contributed by atoms with Gasteiger partial charge in [-0.05, 0) is 87.6 Å². The van der Waals surface area contributed by atoms with Gasteiger partial charge in [-0.3, -0.25) is 33.5 Å². The fraction of sp³-hybridized carbons (Fsp3) is 0.297. The molecule has 16 heteroatoms. The van der Waals surface area contributed by atoms with Crippen molar-refractivity contribution in [2.45, 2.75) is 68.6 Å². The maximum Gasteiger partial charge on any atom is 0.270 e. The first kappa shape index (κ1) is 35.6. The molecule has 5 amide bonds. The molecule has 2 fully saturated rings. The summed E-state index contributed by atoms with van der Waals surface area (Å²) >= 11 is 12.6. The van der Waals surface area contributed by atoms with Crippen LogP contribution >= 0.6 is 23.2 Å². The molecule has 1 aliphatic heterocycles. The van der Waals surface area contributed by atoms with E-state index in [1.807, 2.05) is 0 Å². The van der Waals surface area contributed by atoms with Crippen molar-refractivity contribution in [3.05, 3.63) is 105 Å². The Bertz CT molecular complexity index is 2220. The zero-order valence-corrected chi connectivity index (χ0v) is 30.1. The first-order valence-corrected chi connectivity index (χ1v) is 17.5. The highest BCUT2D eigenvalue weighted by Gasteiger charge is 2.57. The van der Waals surface area contributed by atoms with Crippen molar-refractivity contribution in [2.24, 2.45) is 5.73 Å². The van der Waals surface area contributed by atoms with Crippen LogP contribution in [0.5, 0.6) is 0 Å². The number of nitriles is 1. The molecule has 270 valence electrons. The van der Waals surface area contributed by atoms with Gasteiger partial charge in [0.15, 0.2) is 0 Å². The molecule has 0 radical (unpaired) electrons. The highest BCUT2D eigenvalue weighted by molar-refractivity contribution is 6.35. The van der Waals surface area contributed by atoms with E-state index in [2.05, 4.69) is 32.0 Å². The van der Waals surface area contributed by atoms with E-state index in [1.54, 1.807) is 66.1 Å². The van der Waals surface area contributed by atoms with E-state index in [4.69, 9.17) is 28.9 Å². The van der Waals surface area contributed by atoms with Crippen LogP contribution in [0.3, 0.4) is 0 Å². The number of hydrogen-bond donors (Lipinski definition) is 4. The van der Waals surface area contributed by atoms with Crippen LogP contribution in [0.1, 0.15) is 77.2 Å². The largest absolute Gasteiger partial charge is 0.368 e. The molecular weight excluding hydrogens is 721 g/mol. The molecule has 2 aromatic carbocycles. The summed E-state index contributed by atoms with van der Waals surface area (Å²) in [5.74, 6) is -2.36. The third kappa shape index (κ3) is 6.47. The number of rotatable bonds is 11. The summed E-state index contributed by atoms with van der Waals surface area (Å²) in [5, 5.41) is 18.4. The zero-order valence-electron chi connectivity index (χ0n) is 28.6. The lowest BCUT2D eigenvalue weighted by Crippen LogP contribution is -2.52. The molecule has 3 heterocycles. The smallest absolute Gasteiger partial charge is 0.270 e. The van der Waals surface area contributed by atoms with Gasteiger partial charge in [-0.25, -0.2) is 9.88 Å². The maximum atomic E-state index is 14.4. The number of nitrogens with one attached hydrogen (secondary N) is 3. The van der Waals surface area contributed by atoms with Crippen molar-refractivity contribution in [2.75, 3.05) is 4.90 Å².